The summed E-state index contributed by atoms with van der Waals surface area (Å²) in [5.41, 5.74) is 2.27. The molecule has 1 heterocycles. The van der Waals surface area contributed by atoms with Crippen LogP contribution >= 0.6 is 15.9 Å². The second-order valence-electron chi connectivity index (χ2n) is 2.77. The molecule has 0 bridgehead atoms. The van der Waals surface area contributed by atoms with Gasteiger partial charge in [-0.05, 0) is 11.6 Å². The molecule has 0 saturated heterocycles. The van der Waals surface area contributed by atoms with Crippen molar-refractivity contribution in [3.05, 3.63) is 36.0 Å². The van der Waals surface area contributed by atoms with E-state index in [0.717, 1.165) is 16.2 Å². The lowest BCUT2D eigenvalue weighted by Crippen LogP contribution is -1.73. The van der Waals surface area contributed by atoms with Crippen molar-refractivity contribution in [2.75, 3.05) is 5.33 Å². The van der Waals surface area contributed by atoms with Crippen LogP contribution in [-0.2, 0) is 0 Å². The van der Waals surface area contributed by atoms with Gasteiger partial charge in [0.1, 0.15) is 0 Å². The first-order chi connectivity index (χ1) is 6.40. The largest absolute Gasteiger partial charge is 0.278 e. The van der Waals surface area contributed by atoms with E-state index in [-0.39, 0.29) is 0 Å². The summed E-state index contributed by atoms with van der Waals surface area (Å²) in [5, 5.41) is 8.94. The number of hydrogen-bond donors (Lipinski definition) is 1. The summed E-state index contributed by atoms with van der Waals surface area (Å²) in [6.45, 7) is 0. The Balaban J connectivity index is 2.42. The Hall–Kier alpha value is -1.09. The van der Waals surface area contributed by atoms with Gasteiger partial charge in [-0.2, -0.15) is 5.10 Å². The maximum absolute atomic E-state index is 3.96. The first-order valence-corrected chi connectivity index (χ1v) is 5.18. The van der Waals surface area contributed by atoms with Gasteiger partial charge in [0.15, 0.2) is 0 Å². The quantitative estimate of drug-likeness (QED) is 0.799. The van der Waals surface area contributed by atoms with Crippen LogP contribution in [-0.4, -0.2) is 15.5 Å². The molecule has 1 aromatic heterocycles. The lowest BCUT2D eigenvalue weighted by Gasteiger charge is -1.92. The van der Waals surface area contributed by atoms with E-state index in [9.17, 15) is 0 Å². The molecule has 0 atom stereocenters. The van der Waals surface area contributed by atoms with Gasteiger partial charge in [-0.1, -0.05) is 40.2 Å². The van der Waals surface area contributed by atoms with Crippen LogP contribution in [0.15, 0.2) is 30.5 Å². The number of halogens is 1. The van der Waals surface area contributed by atoms with E-state index in [1.165, 1.54) is 5.56 Å². The Kier molecular flexibility index (Phi) is 2.45. The van der Waals surface area contributed by atoms with Crippen LogP contribution in [0.2, 0.25) is 0 Å². The maximum Gasteiger partial charge on any atom is 0.0656 e. The second-order valence-corrected chi connectivity index (χ2v) is 3.42. The molecule has 66 valence electrons. The minimum absolute atomic E-state index is 0.883. The van der Waals surface area contributed by atoms with E-state index < -0.39 is 0 Å². The van der Waals surface area contributed by atoms with Crippen LogP contribution in [0.3, 0.4) is 0 Å². The van der Waals surface area contributed by atoms with E-state index in [1.807, 2.05) is 6.20 Å². The number of aromatic amines is 1. The normalized spacial score (nSPS) is 11.5. The zero-order valence-electron chi connectivity index (χ0n) is 7.00. The smallest absolute Gasteiger partial charge is 0.0656 e. The third-order valence-electron chi connectivity index (χ3n) is 1.87. The summed E-state index contributed by atoms with van der Waals surface area (Å²) in [6.07, 6.45) is 5.97. The number of alkyl halides is 1. The zero-order valence-corrected chi connectivity index (χ0v) is 8.58. The van der Waals surface area contributed by atoms with Gasteiger partial charge in [0.2, 0.25) is 0 Å². The number of allylic oxidation sites excluding steroid dienone is 1. The summed E-state index contributed by atoms with van der Waals surface area (Å²) in [5.74, 6) is 0. The predicted octanol–water partition coefficient (Wildman–Crippen LogP) is 2.97. The standard InChI is InChI=1S/C10H9BrN2/c11-5-1-2-8-3-4-9-7-12-13-10(9)6-8/h1-4,6-7H,5H2,(H,12,13). The Morgan fingerprint density at radius 3 is 3.23 bits per heavy atom. The van der Waals surface area contributed by atoms with Gasteiger partial charge in [-0.15, -0.1) is 0 Å². The SMILES string of the molecule is BrCC=Cc1ccc2cn[nH]c2c1. The fourth-order valence-corrected chi connectivity index (χ4v) is 1.43. The summed E-state index contributed by atoms with van der Waals surface area (Å²) in [6, 6.07) is 6.23. The average molecular weight is 237 g/mol. The van der Waals surface area contributed by atoms with Crippen molar-refractivity contribution in [2.24, 2.45) is 0 Å². The molecule has 2 rings (SSSR count). The number of aromatic nitrogens is 2. The Bertz CT molecular complexity index is 431. The van der Waals surface area contributed by atoms with Crippen molar-refractivity contribution in [3.63, 3.8) is 0 Å². The van der Waals surface area contributed by atoms with E-state index in [1.54, 1.807) is 0 Å². The minimum atomic E-state index is 0.883. The molecule has 3 heteroatoms. The van der Waals surface area contributed by atoms with Gasteiger partial charge in [0.05, 0.1) is 11.7 Å². The molecule has 0 aliphatic rings. The first kappa shape index (κ1) is 8.51. The zero-order chi connectivity index (χ0) is 9.10. The monoisotopic (exact) mass is 236 g/mol. The van der Waals surface area contributed by atoms with Crippen molar-refractivity contribution in [1.29, 1.82) is 0 Å². The maximum atomic E-state index is 3.96. The van der Waals surface area contributed by atoms with Crippen molar-refractivity contribution >= 4 is 32.9 Å². The minimum Gasteiger partial charge on any atom is -0.278 e. The van der Waals surface area contributed by atoms with Crippen molar-refractivity contribution in [2.45, 2.75) is 0 Å². The summed E-state index contributed by atoms with van der Waals surface area (Å²) < 4.78 is 0. The molecule has 2 aromatic rings. The number of H-pyrrole nitrogens is 1. The number of nitrogens with one attached hydrogen (secondary N) is 1. The molecule has 0 aliphatic carbocycles. The van der Waals surface area contributed by atoms with Gasteiger partial charge < -0.3 is 0 Å². The van der Waals surface area contributed by atoms with Crippen LogP contribution in [0.25, 0.3) is 17.0 Å². The fraction of sp³-hybridized carbons (Fsp3) is 0.100. The Labute approximate surface area is 84.8 Å². The molecule has 0 saturated carbocycles. The van der Waals surface area contributed by atoms with Crippen LogP contribution in [0.1, 0.15) is 5.56 Å². The molecular weight excluding hydrogens is 228 g/mol. The highest BCUT2D eigenvalue weighted by molar-refractivity contribution is 9.09. The highest BCUT2D eigenvalue weighted by Crippen LogP contribution is 2.13. The second kappa shape index (κ2) is 3.75. The summed E-state index contributed by atoms with van der Waals surface area (Å²) in [4.78, 5) is 0. The van der Waals surface area contributed by atoms with E-state index in [0.29, 0.717) is 0 Å². The van der Waals surface area contributed by atoms with Crippen LogP contribution < -0.4 is 0 Å². The van der Waals surface area contributed by atoms with E-state index in [2.05, 4.69) is 56.5 Å². The summed E-state index contributed by atoms with van der Waals surface area (Å²) >= 11 is 3.34. The lowest BCUT2D eigenvalue weighted by molar-refractivity contribution is 1.12. The Morgan fingerprint density at radius 2 is 2.38 bits per heavy atom. The molecule has 0 fully saturated rings. The fourth-order valence-electron chi connectivity index (χ4n) is 1.24. The van der Waals surface area contributed by atoms with E-state index in [4.69, 9.17) is 0 Å². The van der Waals surface area contributed by atoms with Crippen molar-refractivity contribution in [1.82, 2.24) is 10.2 Å². The molecule has 0 spiro atoms. The van der Waals surface area contributed by atoms with E-state index >= 15 is 0 Å². The molecule has 1 aromatic carbocycles. The van der Waals surface area contributed by atoms with Gasteiger partial charge >= 0.3 is 0 Å². The van der Waals surface area contributed by atoms with Crippen molar-refractivity contribution < 1.29 is 0 Å². The number of nitrogens with zero attached hydrogens (tertiary/aromatic N) is 1. The number of benzene rings is 1. The Morgan fingerprint density at radius 1 is 1.46 bits per heavy atom. The predicted molar refractivity (Wildman–Crippen MR) is 58.9 cm³/mol. The molecular formula is C10H9BrN2. The molecule has 2 nitrogen and oxygen atoms in total. The van der Waals surface area contributed by atoms with Gasteiger partial charge in [0.25, 0.3) is 0 Å². The highest BCUT2D eigenvalue weighted by Gasteiger charge is 1.94. The third-order valence-corrected chi connectivity index (χ3v) is 2.24. The number of rotatable bonds is 2. The molecule has 1 N–H and O–H groups in total. The van der Waals surface area contributed by atoms with Gasteiger partial charge in [0, 0.05) is 10.7 Å². The third kappa shape index (κ3) is 1.80. The summed E-state index contributed by atoms with van der Waals surface area (Å²) in [7, 11) is 0. The van der Waals surface area contributed by atoms with Crippen LogP contribution in [0.5, 0.6) is 0 Å². The van der Waals surface area contributed by atoms with Crippen LogP contribution in [0, 0.1) is 0 Å². The molecule has 0 unspecified atom stereocenters. The molecule has 0 radical (unpaired) electrons. The van der Waals surface area contributed by atoms with Gasteiger partial charge in [-0.25, -0.2) is 0 Å². The highest BCUT2D eigenvalue weighted by atomic mass is 79.9. The first-order valence-electron chi connectivity index (χ1n) is 4.06. The lowest BCUT2D eigenvalue weighted by atomic mass is 10.1. The molecule has 0 aliphatic heterocycles. The van der Waals surface area contributed by atoms with Crippen LogP contribution in [0.4, 0.5) is 0 Å². The molecule has 0 amide bonds. The average Bonchev–Trinajstić information content (AvgIpc) is 2.61. The van der Waals surface area contributed by atoms with Gasteiger partial charge in [-0.3, -0.25) is 5.10 Å². The van der Waals surface area contributed by atoms with Crippen molar-refractivity contribution in [3.8, 4) is 0 Å². The molecule has 13 heavy (non-hydrogen) atoms. The number of hydrogen-bond acceptors (Lipinski definition) is 1. The topological polar surface area (TPSA) is 28.7 Å². The number of fused-ring (bicyclic) bond motifs is 1.